The molecule has 0 unspecified atom stereocenters. The first kappa shape index (κ1) is 6.94. The Labute approximate surface area is 226 Å². The van der Waals surface area contributed by atoms with E-state index in [0.29, 0.717) is 0 Å². The van der Waals surface area contributed by atoms with Gasteiger partial charge in [-0.3, -0.25) is 0 Å². The molecule has 0 spiro atoms. The minimum atomic E-state index is -3.75. The molecule has 1 heterocycles. The summed E-state index contributed by atoms with van der Waals surface area (Å²) in [5.41, 5.74) is -9.40. The fourth-order valence-corrected chi connectivity index (χ4v) is 3.45. The van der Waals surface area contributed by atoms with Crippen LogP contribution in [0.4, 0.5) is 0 Å². The lowest BCUT2D eigenvalue weighted by molar-refractivity contribution is 0.660. The Bertz CT molecular complexity index is 2430. The molecule has 0 bridgehead atoms. The summed E-state index contributed by atoms with van der Waals surface area (Å²) in [6.45, 7) is -7.51. The first-order chi connectivity index (χ1) is 25.7. The van der Waals surface area contributed by atoms with E-state index in [0.717, 1.165) is 0 Å². The third-order valence-corrected chi connectivity index (χ3v) is 4.87. The lowest BCUT2D eigenvalue weighted by atomic mass is 9.82. The zero-order valence-electron chi connectivity index (χ0n) is 39.3. The van der Waals surface area contributed by atoms with E-state index in [1.807, 2.05) is 0 Å². The molecule has 33 heavy (non-hydrogen) atoms. The van der Waals surface area contributed by atoms with Crippen molar-refractivity contribution >= 4 is 0 Å². The van der Waals surface area contributed by atoms with Crippen molar-refractivity contribution in [3.05, 3.63) is 114 Å². The van der Waals surface area contributed by atoms with E-state index < -0.39 is 178 Å². The number of fused-ring (bicyclic) bond motifs is 3. The van der Waals surface area contributed by atoms with E-state index in [1.54, 1.807) is 0 Å². The van der Waals surface area contributed by atoms with Crippen molar-refractivity contribution in [1.29, 1.82) is 0 Å². The molecule has 0 radical (unpaired) electrons. The van der Waals surface area contributed by atoms with Crippen LogP contribution in [-0.2, 0) is 5.41 Å². The standard InChI is InChI=1S/C30H23N3/c1-30(2)24-18-10-9-16-22(24)26-23(17-11-19-25(26)30)29-32-27(20-12-5-3-6-13-20)31-28(33-29)21-14-7-4-8-15-21/h3-19H,1-2H3/i1D3,2D3,3D,4D,5D,6D,7D,8D,9D,10D,11D,12D,13D,14D,15D,16D,17D,18D,19D. The Morgan fingerprint density at radius 1 is 0.545 bits per heavy atom. The Morgan fingerprint density at radius 2 is 1.06 bits per heavy atom. The molecule has 0 N–H and O–H groups in total. The van der Waals surface area contributed by atoms with Gasteiger partial charge in [0.15, 0.2) is 17.5 Å². The summed E-state index contributed by atoms with van der Waals surface area (Å²) in [5, 5.41) is 0. The van der Waals surface area contributed by atoms with Crippen LogP contribution in [0.15, 0.2) is 103 Å². The van der Waals surface area contributed by atoms with E-state index in [1.165, 1.54) is 0 Å². The summed E-state index contributed by atoms with van der Waals surface area (Å²) >= 11 is 0. The minimum Gasteiger partial charge on any atom is -0.208 e. The van der Waals surface area contributed by atoms with Crippen LogP contribution in [0.3, 0.4) is 0 Å². The van der Waals surface area contributed by atoms with E-state index in [9.17, 15) is 0 Å². The van der Waals surface area contributed by atoms with Crippen molar-refractivity contribution in [2.24, 2.45) is 0 Å². The predicted molar refractivity (Wildman–Crippen MR) is 134 cm³/mol. The highest BCUT2D eigenvalue weighted by atomic mass is 15.0. The lowest BCUT2D eigenvalue weighted by Crippen LogP contribution is -2.14. The molecule has 1 aliphatic carbocycles. The smallest absolute Gasteiger partial charge is 0.164 e. The summed E-state index contributed by atoms with van der Waals surface area (Å²) in [5.74, 6) is -2.59. The zero-order chi connectivity index (χ0) is 42.2. The molecule has 0 aliphatic heterocycles. The summed E-state index contributed by atoms with van der Waals surface area (Å²) in [7, 11) is 0. The van der Waals surface area contributed by atoms with Crippen molar-refractivity contribution in [2.45, 2.75) is 19.1 Å². The van der Waals surface area contributed by atoms with Crippen molar-refractivity contribution in [1.82, 2.24) is 15.0 Å². The van der Waals surface area contributed by atoms with Crippen LogP contribution >= 0.6 is 0 Å². The SMILES string of the molecule is [2H]c1c([2H])c([2H])c(-c2nc(-c3c([2H])c([2H])c([2H])c([2H])c3[2H])nc(-c3c([2H])c([2H])c([2H])c4c3-c3c([2H])c([2H])c([2H])c([2H])c3C4(C([2H])([2H])[2H])C([2H])([2H])[2H])n2)c([2H])c1[2H]. The van der Waals surface area contributed by atoms with Gasteiger partial charge in [-0.05, 0) is 22.3 Å². The van der Waals surface area contributed by atoms with Gasteiger partial charge in [-0.1, -0.05) is 116 Å². The molecular weight excluding hydrogens is 402 g/mol. The molecule has 0 saturated carbocycles. The van der Waals surface area contributed by atoms with Crippen LogP contribution in [0.25, 0.3) is 45.3 Å². The zero-order valence-corrected chi connectivity index (χ0v) is 16.3. The largest absolute Gasteiger partial charge is 0.208 e. The summed E-state index contributed by atoms with van der Waals surface area (Å²) < 4.78 is 196. The number of rotatable bonds is 3. The second-order valence-electron chi connectivity index (χ2n) is 6.81. The fraction of sp³-hybridized carbons (Fsp3) is 0.100. The lowest BCUT2D eigenvalue weighted by Gasteiger charge is -2.21. The van der Waals surface area contributed by atoms with Crippen LogP contribution in [0.2, 0.25) is 0 Å². The summed E-state index contributed by atoms with van der Waals surface area (Å²) in [6.07, 6.45) is 0. The van der Waals surface area contributed by atoms with Crippen LogP contribution in [-0.4, -0.2) is 15.0 Å². The van der Waals surface area contributed by atoms with Gasteiger partial charge in [-0.2, -0.15) is 0 Å². The minimum absolute atomic E-state index is 0.735. The molecule has 0 fully saturated rings. The third-order valence-electron chi connectivity index (χ3n) is 4.87. The number of hydrogen-bond donors (Lipinski definition) is 0. The molecule has 0 saturated heterocycles. The van der Waals surface area contributed by atoms with E-state index in [-0.39, 0.29) is 0 Å². The van der Waals surface area contributed by atoms with Crippen molar-refractivity contribution in [2.75, 3.05) is 0 Å². The second-order valence-corrected chi connectivity index (χ2v) is 6.81. The van der Waals surface area contributed by atoms with Gasteiger partial charge in [0.1, 0.15) is 0 Å². The molecule has 5 aromatic rings. The molecule has 0 atom stereocenters. The van der Waals surface area contributed by atoms with Crippen LogP contribution in [0, 0.1) is 0 Å². The maximum Gasteiger partial charge on any atom is 0.164 e. The van der Waals surface area contributed by atoms with Gasteiger partial charge in [0.25, 0.3) is 0 Å². The van der Waals surface area contributed by atoms with E-state index in [2.05, 4.69) is 15.0 Å². The van der Waals surface area contributed by atoms with E-state index in [4.69, 9.17) is 31.5 Å². The Hall–Kier alpha value is -4.11. The first-order valence-corrected chi connectivity index (χ1v) is 9.34. The van der Waals surface area contributed by atoms with Gasteiger partial charge in [0.2, 0.25) is 0 Å². The summed E-state index contributed by atoms with van der Waals surface area (Å²) in [4.78, 5) is 12.6. The van der Waals surface area contributed by atoms with E-state index >= 15 is 0 Å². The Balaban J connectivity index is 1.95. The van der Waals surface area contributed by atoms with Crippen molar-refractivity contribution in [3.8, 4) is 45.3 Å². The normalized spacial score (nSPS) is 24.1. The number of nitrogens with zero attached hydrogens (tertiary/aromatic N) is 3. The first-order valence-electron chi connectivity index (χ1n) is 20.8. The maximum absolute atomic E-state index is 9.06. The second kappa shape index (κ2) is 7.49. The molecule has 6 rings (SSSR count). The Kier molecular flexibility index (Phi) is 1.58. The monoisotopic (exact) mass is 448 g/mol. The van der Waals surface area contributed by atoms with Crippen LogP contribution in [0.1, 0.15) is 56.4 Å². The average Bonchev–Trinajstić information content (AvgIpc) is 3.46. The van der Waals surface area contributed by atoms with Gasteiger partial charge < -0.3 is 0 Å². The molecular formula is C30H23N3. The molecule has 4 aromatic carbocycles. The van der Waals surface area contributed by atoms with Crippen LogP contribution in [0.5, 0.6) is 0 Å². The number of hydrogen-bond acceptors (Lipinski definition) is 3. The molecule has 1 aliphatic rings. The van der Waals surface area contributed by atoms with Gasteiger partial charge in [-0.15, -0.1) is 0 Å². The molecule has 1 aromatic heterocycles. The molecule has 3 heteroatoms. The Morgan fingerprint density at radius 3 is 1.70 bits per heavy atom. The topological polar surface area (TPSA) is 38.7 Å². The van der Waals surface area contributed by atoms with Crippen molar-refractivity contribution in [3.63, 3.8) is 0 Å². The van der Waals surface area contributed by atoms with Crippen LogP contribution < -0.4 is 0 Å². The summed E-state index contributed by atoms with van der Waals surface area (Å²) in [6, 6.07) is -16.3. The highest BCUT2D eigenvalue weighted by Gasteiger charge is 2.37. The quantitative estimate of drug-likeness (QED) is 0.293. The molecule has 158 valence electrons. The third kappa shape index (κ3) is 3.16. The van der Waals surface area contributed by atoms with Gasteiger partial charge >= 0.3 is 0 Å². The highest BCUT2D eigenvalue weighted by molar-refractivity contribution is 5.91. The predicted octanol–water partition coefficient (Wildman–Crippen LogP) is 7.18. The van der Waals surface area contributed by atoms with Gasteiger partial charge in [0.05, 0.1) is 23.3 Å². The maximum atomic E-state index is 9.06. The average molecular weight is 449 g/mol. The number of aromatic nitrogens is 3. The number of benzene rings is 4. The van der Waals surface area contributed by atoms with Crippen molar-refractivity contribution < 1.29 is 31.5 Å². The van der Waals surface area contributed by atoms with Gasteiger partial charge in [-0.25, -0.2) is 15.0 Å². The highest BCUT2D eigenvalue weighted by Crippen LogP contribution is 2.51. The molecule has 3 nitrogen and oxygen atoms in total. The van der Waals surface area contributed by atoms with Gasteiger partial charge in [0, 0.05) is 30.3 Å². The fourth-order valence-electron chi connectivity index (χ4n) is 3.45. The molecule has 0 amide bonds.